The first-order valence-electron chi connectivity index (χ1n) is 22.3. The Bertz CT molecular complexity index is 1380. The van der Waals surface area contributed by atoms with Gasteiger partial charge < -0.3 is 25.2 Å². The zero-order valence-corrected chi connectivity index (χ0v) is 37.6. The number of esters is 2. The molecule has 0 saturated carbocycles. The Hall–Kier alpha value is -3.60. The molecule has 340 valence electrons. The van der Waals surface area contributed by atoms with Crippen LogP contribution in [0.4, 0.5) is 0 Å². The Balaban J connectivity index is 4.54. The molecule has 3 atom stereocenters. The van der Waals surface area contributed by atoms with Gasteiger partial charge in [-0.25, -0.2) is 4.57 Å². The van der Waals surface area contributed by atoms with Gasteiger partial charge in [-0.2, -0.15) is 0 Å². The minimum atomic E-state index is -4.75. The molecule has 1 unspecified atom stereocenters. The predicted molar refractivity (Wildman–Crippen MR) is 244 cm³/mol. The highest BCUT2D eigenvalue weighted by atomic mass is 31.2. The number of rotatable bonds is 40. The second-order valence-electron chi connectivity index (χ2n) is 14.5. The van der Waals surface area contributed by atoms with Gasteiger partial charge in [0.05, 0.1) is 13.2 Å². The van der Waals surface area contributed by atoms with E-state index in [2.05, 4.69) is 103 Å². The van der Waals surface area contributed by atoms with E-state index in [1.165, 1.54) is 38.5 Å². The molecule has 0 aliphatic rings. The average molecular weight is 860 g/mol. The van der Waals surface area contributed by atoms with Gasteiger partial charge in [-0.05, 0) is 89.9 Å². The second kappa shape index (κ2) is 42.1. The largest absolute Gasteiger partial charge is 0.480 e. The molecule has 0 aliphatic heterocycles. The summed E-state index contributed by atoms with van der Waals surface area (Å²) in [6.07, 6.45) is 53.4. The van der Waals surface area contributed by atoms with Crippen molar-refractivity contribution in [3.63, 3.8) is 0 Å². The summed E-state index contributed by atoms with van der Waals surface area (Å²) in [6.45, 7) is 2.63. The van der Waals surface area contributed by atoms with Crippen molar-refractivity contribution in [3.05, 3.63) is 97.2 Å². The number of allylic oxidation sites excluding steroid dienone is 16. The lowest BCUT2D eigenvalue weighted by atomic mass is 10.1. The van der Waals surface area contributed by atoms with E-state index in [0.29, 0.717) is 12.8 Å². The van der Waals surface area contributed by atoms with E-state index >= 15 is 0 Å². The van der Waals surface area contributed by atoms with Crippen molar-refractivity contribution < 1.29 is 47.5 Å². The number of aliphatic carboxylic acids is 1. The van der Waals surface area contributed by atoms with Gasteiger partial charge in [0.2, 0.25) is 0 Å². The van der Waals surface area contributed by atoms with E-state index < -0.39 is 57.7 Å². The normalized spacial score (nSPS) is 14.6. The molecule has 0 aliphatic carbocycles. The van der Waals surface area contributed by atoms with Crippen LogP contribution in [0.1, 0.15) is 155 Å². The predicted octanol–water partition coefficient (Wildman–Crippen LogP) is 12.1. The molecule has 60 heavy (non-hydrogen) atoms. The monoisotopic (exact) mass is 860 g/mol. The summed E-state index contributed by atoms with van der Waals surface area (Å²) < 4.78 is 32.6. The number of carbonyl (C=O) groups is 3. The Labute approximate surface area is 362 Å². The lowest BCUT2D eigenvalue weighted by Gasteiger charge is -2.20. The first kappa shape index (κ1) is 56.4. The lowest BCUT2D eigenvalue weighted by Crippen LogP contribution is -2.34. The zero-order valence-electron chi connectivity index (χ0n) is 36.8. The molecule has 0 spiro atoms. The third-order valence-electron chi connectivity index (χ3n) is 8.82. The maximum Gasteiger partial charge on any atom is 0.472 e. The van der Waals surface area contributed by atoms with Crippen LogP contribution in [-0.4, -0.2) is 59.9 Å². The number of ether oxygens (including phenoxy) is 2. The molecule has 0 radical (unpaired) electrons. The van der Waals surface area contributed by atoms with E-state index in [1.54, 1.807) is 0 Å². The van der Waals surface area contributed by atoms with Crippen molar-refractivity contribution in [2.24, 2.45) is 5.73 Å². The summed E-state index contributed by atoms with van der Waals surface area (Å²) >= 11 is 0. The molecule has 4 N–H and O–H groups in total. The first-order valence-corrected chi connectivity index (χ1v) is 23.8. The van der Waals surface area contributed by atoms with Gasteiger partial charge >= 0.3 is 25.7 Å². The standard InChI is InChI=1S/C48H78NO10P/c1-3-5-7-9-11-13-15-17-19-21-22-24-25-27-29-31-33-35-37-39-46(50)56-41-44(42-57-60(54,55)58-43-45(49)48(52)53)59-47(51)40-38-36-34-32-30-28-26-23-20-18-16-14-12-10-8-6-4-2/h11-14,17-20,22,24,26-29,33,35,44-45H,3-10,15-16,21,23,25,30-32,34,36-43,49H2,1-2H3,(H,52,53)(H,54,55)/b13-11+,14-12+,19-17+,20-18+,24-22+,28-26+,29-27+,35-33+/t44-,45+/m1/s1. The number of carbonyl (C=O) groups excluding carboxylic acids is 2. The van der Waals surface area contributed by atoms with Crippen LogP contribution in [0.25, 0.3) is 0 Å². The Morgan fingerprint density at radius 2 is 0.917 bits per heavy atom. The van der Waals surface area contributed by atoms with Gasteiger partial charge in [0.1, 0.15) is 12.6 Å². The van der Waals surface area contributed by atoms with Gasteiger partial charge in [0.15, 0.2) is 6.10 Å². The van der Waals surface area contributed by atoms with E-state index in [1.807, 2.05) is 12.2 Å². The summed E-state index contributed by atoms with van der Waals surface area (Å²) in [5, 5.41) is 8.89. The van der Waals surface area contributed by atoms with Crippen molar-refractivity contribution in [2.45, 2.75) is 167 Å². The number of carboxylic acid groups (broad SMARTS) is 1. The minimum absolute atomic E-state index is 0.0874. The molecule has 0 bridgehead atoms. The SMILES string of the molecule is CCCCC/C=C/C/C=C/C/C=C/C/C=C/C/C=C/CCC(=O)OC[C@H](COP(=O)(O)OC[C@H](N)C(=O)O)OC(=O)CCCCCC/C=C/C/C=C/C/C=C/CCCCC. The van der Waals surface area contributed by atoms with Gasteiger partial charge in [-0.15, -0.1) is 0 Å². The van der Waals surface area contributed by atoms with Crippen molar-refractivity contribution in [2.75, 3.05) is 19.8 Å². The fourth-order valence-electron chi connectivity index (χ4n) is 5.29. The highest BCUT2D eigenvalue weighted by molar-refractivity contribution is 7.47. The summed E-state index contributed by atoms with van der Waals surface area (Å²) in [6, 6.07) is -1.54. The molecule has 0 rings (SSSR count). The number of nitrogens with two attached hydrogens (primary N) is 1. The second-order valence-corrected chi connectivity index (χ2v) is 15.9. The maximum absolute atomic E-state index is 12.6. The van der Waals surface area contributed by atoms with E-state index in [9.17, 15) is 23.8 Å². The maximum atomic E-state index is 12.6. The summed E-state index contributed by atoms with van der Waals surface area (Å²) in [4.78, 5) is 46.0. The van der Waals surface area contributed by atoms with Crippen LogP contribution < -0.4 is 5.73 Å². The van der Waals surface area contributed by atoms with Gasteiger partial charge in [0.25, 0.3) is 0 Å². The molecule has 11 nitrogen and oxygen atoms in total. The van der Waals surface area contributed by atoms with E-state index in [4.69, 9.17) is 24.8 Å². The summed E-state index contributed by atoms with van der Waals surface area (Å²) in [7, 11) is -4.75. The van der Waals surface area contributed by atoms with Crippen LogP contribution in [-0.2, 0) is 37.5 Å². The molecule has 0 fully saturated rings. The Morgan fingerprint density at radius 3 is 1.37 bits per heavy atom. The summed E-state index contributed by atoms with van der Waals surface area (Å²) in [5.41, 5.74) is 5.33. The third kappa shape index (κ3) is 41.1. The zero-order chi connectivity index (χ0) is 44.2. The quantitative estimate of drug-likeness (QED) is 0.0232. The van der Waals surface area contributed by atoms with Gasteiger partial charge in [-0.1, -0.05) is 150 Å². The molecule has 0 aromatic heterocycles. The molecule has 0 aromatic rings. The van der Waals surface area contributed by atoms with E-state index in [0.717, 1.165) is 77.0 Å². The van der Waals surface area contributed by atoms with Crippen molar-refractivity contribution in [3.8, 4) is 0 Å². The van der Waals surface area contributed by atoms with Gasteiger partial charge in [-0.3, -0.25) is 23.4 Å². The molecule has 0 aromatic carbocycles. The van der Waals surface area contributed by atoms with Crippen molar-refractivity contribution in [1.29, 1.82) is 0 Å². The smallest absolute Gasteiger partial charge is 0.472 e. The van der Waals surface area contributed by atoms with Crippen LogP contribution in [0, 0.1) is 0 Å². The number of carboxylic acids is 1. The topological polar surface area (TPSA) is 172 Å². The number of hydrogen-bond donors (Lipinski definition) is 3. The number of hydrogen-bond acceptors (Lipinski definition) is 9. The molecule has 0 heterocycles. The van der Waals surface area contributed by atoms with Crippen LogP contribution in [0.15, 0.2) is 97.2 Å². The van der Waals surface area contributed by atoms with Crippen LogP contribution in [0.5, 0.6) is 0 Å². The van der Waals surface area contributed by atoms with Crippen molar-refractivity contribution in [1.82, 2.24) is 0 Å². The third-order valence-corrected chi connectivity index (χ3v) is 9.77. The minimum Gasteiger partial charge on any atom is -0.480 e. The number of phosphoric acid groups is 1. The van der Waals surface area contributed by atoms with Gasteiger partial charge in [0, 0.05) is 12.8 Å². The molecular weight excluding hydrogens is 781 g/mol. The lowest BCUT2D eigenvalue weighted by molar-refractivity contribution is -0.161. The number of phosphoric ester groups is 1. The highest BCUT2D eigenvalue weighted by Gasteiger charge is 2.28. The van der Waals surface area contributed by atoms with Crippen LogP contribution in [0.2, 0.25) is 0 Å². The first-order chi connectivity index (χ1) is 29.1. The average Bonchev–Trinajstić information content (AvgIpc) is 3.22. The highest BCUT2D eigenvalue weighted by Crippen LogP contribution is 2.43. The van der Waals surface area contributed by atoms with E-state index in [-0.39, 0.29) is 12.8 Å². The number of unbranched alkanes of at least 4 members (excludes halogenated alkanes) is 10. The fourth-order valence-corrected chi connectivity index (χ4v) is 6.07. The molecule has 0 saturated heterocycles. The Kier molecular flexibility index (Phi) is 39.6. The summed E-state index contributed by atoms with van der Waals surface area (Å²) in [5.74, 6) is -2.52. The molecular formula is C48H78NO10P. The Morgan fingerprint density at radius 1 is 0.517 bits per heavy atom. The van der Waals surface area contributed by atoms with Crippen molar-refractivity contribution >= 4 is 25.7 Å². The van der Waals surface area contributed by atoms with Crippen LogP contribution in [0.3, 0.4) is 0 Å². The molecule has 12 heteroatoms. The molecule has 0 amide bonds. The van der Waals surface area contributed by atoms with Crippen LogP contribution >= 0.6 is 7.82 Å². The fraction of sp³-hybridized carbons (Fsp3) is 0.604.